The Bertz CT molecular complexity index is 635. The Balaban J connectivity index is 1.91. The molecule has 0 spiro atoms. The van der Waals surface area contributed by atoms with Crippen molar-refractivity contribution >= 4 is 27.4 Å². The van der Waals surface area contributed by atoms with Crippen LogP contribution in [-0.4, -0.2) is 18.0 Å². The van der Waals surface area contributed by atoms with Crippen molar-refractivity contribution in [3.8, 4) is 0 Å². The minimum Gasteiger partial charge on any atom is -0.469 e. The first-order valence-corrected chi connectivity index (χ1v) is 6.69. The lowest BCUT2D eigenvalue weighted by molar-refractivity contribution is 0.106. The lowest BCUT2D eigenvalue weighted by Gasteiger charge is -2.08. The summed E-state index contributed by atoms with van der Waals surface area (Å²) in [5, 5.41) is 4.12. The number of Topliss-reactive ketones (excluding diaryl/α,β-unsaturated/α-hetero) is 1. The zero-order chi connectivity index (χ0) is 13.2. The molecule has 0 bridgehead atoms. The van der Waals surface area contributed by atoms with Crippen molar-refractivity contribution in [1.29, 1.82) is 0 Å². The second-order valence-electron chi connectivity index (χ2n) is 4.27. The zero-order valence-corrected chi connectivity index (χ0v) is 11.6. The highest BCUT2D eigenvalue weighted by molar-refractivity contribution is 9.10. The van der Waals surface area contributed by atoms with Crippen molar-refractivity contribution in [2.45, 2.75) is 5.92 Å². The number of carbonyl (C=O) groups is 1. The second-order valence-corrected chi connectivity index (χ2v) is 5.18. The topological polar surface area (TPSA) is 54.6 Å². The molecule has 2 aromatic rings. The van der Waals surface area contributed by atoms with E-state index in [-0.39, 0.29) is 11.7 Å². The lowest BCUT2D eigenvalue weighted by Crippen LogP contribution is -2.21. The monoisotopic (exact) mass is 318 g/mol. The van der Waals surface area contributed by atoms with Gasteiger partial charge in [0.05, 0.1) is 12.2 Å². The van der Waals surface area contributed by atoms with Gasteiger partial charge in [0, 0.05) is 16.6 Å². The van der Waals surface area contributed by atoms with Gasteiger partial charge in [-0.15, -0.1) is 0 Å². The van der Waals surface area contributed by atoms with E-state index in [9.17, 15) is 4.79 Å². The first kappa shape index (κ1) is 12.2. The molecule has 3 rings (SSSR count). The molecule has 1 aliphatic rings. The van der Waals surface area contributed by atoms with E-state index in [2.05, 4.69) is 26.5 Å². The molecule has 19 heavy (non-hydrogen) atoms. The fourth-order valence-electron chi connectivity index (χ4n) is 2.11. The molecule has 0 saturated heterocycles. The van der Waals surface area contributed by atoms with Crippen LogP contribution < -0.4 is 5.43 Å². The third-order valence-corrected chi connectivity index (χ3v) is 3.52. The highest BCUT2D eigenvalue weighted by Gasteiger charge is 2.31. The molecule has 0 aliphatic carbocycles. The van der Waals surface area contributed by atoms with Crippen LogP contribution in [0.3, 0.4) is 0 Å². The molecule has 5 heteroatoms. The molecule has 1 unspecified atom stereocenters. The van der Waals surface area contributed by atoms with Gasteiger partial charge in [0.25, 0.3) is 0 Å². The van der Waals surface area contributed by atoms with Crippen molar-refractivity contribution in [1.82, 2.24) is 5.43 Å². The average molecular weight is 319 g/mol. The largest absolute Gasteiger partial charge is 0.469 e. The molecule has 0 saturated carbocycles. The van der Waals surface area contributed by atoms with Crippen molar-refractivity contribution in [2.24, 2.45) is 5.10 Å². The number of rotatable bonds is 3. The molecular weight excluding hydrogens is 308 g/mol. The van der Waals surface area contributed by atoms with Crippen LogP contribution in [0, 0.1) is 0 Å². The first-order chi connectivity index (χ1) is 9.25. The van der Waals surface area contributed by atoms with Gasteiger partial charge in [0.15, 0.2) is 0 Å². The lowest BCUT2D eigenvalue weighted by atomic mass is 9.95. The zero-order valence-electron chi connectivity index (χ0n) is 9.97. The highest BCUT2D eigenvalue weighted by atomic mass is 79.9. The summed E-state index contributed by atoms with van der Waals surface area (Å²) in [7, 11) is 0. The maximum Gasteiger partial charge on any atom is 0.209 e. The predicted octanol–water partition coefficient (Wildman–Crippen LogP) is 2.97. The molecule has 0 amide bonds. The molecule has 96 valence electrons. The normalized spacial score (nSPS) is 17.9. The van der Waals surface area contributed by atoms with Gasteiger partial charge in [-0.1, -0.05) is 28.1 Å². The molecule has 1 atom stereocenters. The smallest absolute Gasteiger partial charge is 0.209 e. The number of hydrogen-bond donors (Lipinski definition) is 1. The van der Waals surface area contributed by atoms with Crippen molar-refractivity contribution in [3.05, 3.63) is 58.5 Å². The van der Waals surface area contributed by atoms with E-state index in [4.69, 9.17) is 4.42 Å². The van der Waals surface area contributed by atoms with Gasteiger partial charge < -0.3 is 9.84 Å². The van der Waals surface area contributed by atoms with Gasteiger partial charge in [-0.05, 0) is 24.3 Å². The van der Waals surface area contributed by atoms with Crippen LogP contribution in [0.4, 0.5) is 0 Å². The summed E-state index contributed by atoms with van der Waals surface area (Å²) in [4.78, 5) is 12.5. The molecule has 1 aromatic carbocycles. The van der Waals surface area contributed by atoms with Crippen LogP contribution in [0.5, 0.6) is 0 Å². The Kier molecular flexibility index (Phi) is 3.21. The Labute approximate surface area is 118 Å². The van der Waals surface area contributed by atoms with Crippen LogP contribution in [0.15, 0.2) is 56.7 Å². The molecule has 1 aliphatic heterocycles. The fourth-order valence-corrected chi connectivity index (χ4v) is 2.51. The van der Waals surface area contributed by atoms with E-state index in [1.807, 2.05) is 24.3 Å². The summed E-state index contributed by atoms with van der Waals surface area (Å²) in [6.45, 7) is 0.586. The number of nitrogens with zero attached hydrogens (tertiary/aromatic N) is 1. The van der Waals surface area contributed by atoms with Gasteiger partial charge in [0.2, 0.25) is 5.78 Å². The van der Waals surface area contributed by atoms with Crippen LogP contribution in [0.2, 0.25) is 0 Å². The number of furan rings is 1. The Morgan fingerprint density at radius 3 is 3.00 bits per heavy atom. The Morgan fingerprint density at radius 2 is 2.26 bits per heavy atom. The number of carbonyl (C=O) groups excluding carboxylic acids is 1. The summed E-state index contributed by atoms with van der Waals surface area (Å²) in [5.74, 6) is 0.557. The van der Waals surface area contributed by atoms with Gasteiger partial charge in [-0.3, -0.25) is 4.79 Å². The number of halogens is 1. The fraction of sp³-hybridized carbons (Fsp3) is 0.143. The van der Waals surface area contributed by atoms with E-state index in [1.165, 1.54) is 0 Å². The number of hydrazone groups is 1. The van der Waals surface area contributed by atoms with Crippen molar-refractivity contribution in [3.63, 3.8) is 0 Å². The third kappa shape index (κ3) is 2.33. The molecule has 0 fully saturated rings. The van der Waals surface area contributed by atoms with Gasteiger partial charge in [0.1, 0.15) is 11.5 Å². The van der Waals surface area contributed by atoms with Crippen LogP contribution >= 0.6 is 15.9 Å². The SMILES string of the molecule is O=C(C1=NNCC1c1ccco1)c1cccc(Br)c1. The molecular formula is C14H11BrN2O2. The maximum absolute atomic E-state index is 12.5. The minimum absolute atomic E-state index is 0.0762. The number of ketones is 1. The Morgan fingerprint density at radius 1 is 1.37 bits per heavy atom. The van der Waals surface area contributed by atoms with E-state index >= 15 is 0 Å². The van der Waals surface area contributed by atoms with Crippen molar-refractivity contribution < 1.29 is 9.21 Å². The second kappa shape index (κ2) is 5.01. The predicted molar refractivity (Wildman–Crippen MR) is 75.4 cm³/mol. The van der Waals surface area contributed by atoms with E-state index in [1.54, 1.807) is 18.4 Å². The third-order valence-electron chi connectivity index (χ3n) is 3.03. The minimum atomic E-state index is -0.124. The summed E-state index contributed by atoms with van der Waals surface area (Å²) in [6, 6.07) is 11.0. The number of hydrogen-bond acceptors (Lipinski definition) is 4. The standard InChI is InChI=1S/C14H11BrN2O2/c15-10-4-1-3-9(7-10)14(18)13-11(8-16-17-13)12-5-2-6-19-12/h1-7,11,16H,8H2. The summed E-state index contributed by atoms with van der Waals surface area (Å²) >= 11 is 3.37. The summed E-state index contributed by atoms with van der Waals surface area (Å²) in [5.41, 5.74) is 3.98. The van der Waals surface area contributed by atoms with Crippen LogP contribution in [0.1, 0.15) is 22.0 Å². The quantitative estimate of drug-likeness (QED) is 0.885. The van der Waals surface area contributed by atoms with E-state index in [0.717, 1.165) is 10.2 Å². The van der Waals surface area contributed by atoms with E-state index in [0.29, 0.717) is 17.8 Å². The van der Waals surface area contributed by atoms with Crippen LogP contribution in [0.25, 0.3) is 0 Å². The maximum atomic E-state index is 12.5. The van der Waals surface area contributed by atoms with Gasteiger partial charge >= 0.3 is 0 Å². The molecule has 2 heterocycles. The summed E-state index contributed by atoms with van der Waals surface area (Å²) < 4.78 is 6.25. The summed E-state index contributed by atoms with van der Waals surface area (Å²) in [6.07, 6.45) is 1.61. The highest BCUT2D eigenvalue weighted by Crippen LogP contribution is 2.23. The molecule has 0 radical (unpaired) electrons. The Hall–Kier alpha value is -1.88. The number of nitrogens with one attached hydrogen (secondary N) is 1. The molecule has 1 aromatic heterocycles. The van der Waals surface area contributed by atoms with Crippen molar-refractivity contribution in [2.75, 3.05) is 6.54 Å². The van der Waals surface area contributed by atoms with Gasteiger partial charge in [-0.25, -0.2) is 0 Å². The first-order valence-electron chi connectivity index (χ1n) is 5.90. The van der Waals surface area contributed by atoms with Gasteiger partial charge in [-0.2, -0.15) is 5.10 Å². The van der Waals surface area contributed by atoms with E-state index < -0.39 is 0 Å². The molecule has 4 nitrogen and oxygen atoms in total. The molecule has 1 N–H and O–H groups in total. The average Bonchev–Trinajstić information content (AvgIpc) is 3.08. The van der Waals surface area contributed by atoms with Crippen LogP contribution in [-0.2, 0) is 0 Å². The number of benzene rings is 1.